The molecule has 0 bridgehead atoms. The maximum absolute atomic E-state index is 9.54. The largest absolute Gasteiger partial charge is 0.394 e. The molecule has 0 radical (unpaired) electrons. The summed E-state index contributed by atoms with van der Waals surface area (Å²) in [4.78, 5) is 0. The number of aliphatic hydroxyl groups is 1. The van der Waals surface area contributed by atoms with Crippen molar-refractivity contribution in [3.63, 3.8) is 0 Å². The topological polar surface area (TPSA) is 58.3 Å². The summed E-state index contributed by atoms with van der Waals surface area (Å²) in [7, 11) is 0. The van der Waals surface area contributed by atoms with Gasteiger partial charge in [0.25, 0.3) is 0 Å². The Labute approximate surface area is 104 Å². The van der Waals surface area contributed by atoms with Gasteiger partial charge in [0, 0.05) is 12.6 Å². The Kier molecular flexibility index (Phi) is 5.12. The normalized spacial score (nSPS) is 16.8. The first-order chi connectivity index (χ1) is 7.99. The van der Waals surface area contributed by atoms with E-state index in [0.717, 1.165) is 6.54 Å². The van der Waals surface area contributed by atoms with E-state index in [1.807, 2.05) is 25.1 Å². The molecule has 1 rings (SSSR count). The third kappa shape index (κ3) is 3.80. The first kappa shape index (κ1) is 14.2. The van der Waals surface area contributed by atoms with Gasteiger partial charge in [0.1, 0.15) is 0 Å². The minimum atomic E-state index is -0.440. The zero-order chi connectivity index (χ0) is 12.9. The molecular weight excluding hydrogens is 212 g/mol. The van der Waals surface area contributed by atoms with E-state index in [4.69, 9.17) is 5.73 Å². The van der Waals surface area contributed by atoms with Crippen molar-refractivity contribution in [3.05, 3.63) is 35.9 Å². The van der Waals surface area contributed by atoms with Gasteiger partial charge >= 0.3 is 0 Å². The van der Waals surface area contributed by atoms with Gasteiger partial charge in [-0.1, -0.05) is 44.2 Å². The van der Waals surface area contributed by atoms with Gasteiger partial charge in [-0.15, -0.1) is 0 Å². The Bertz CT molecular complexity index is 326. The second-order valence-corrected chi connectivity index (χ2v) is 5.18. The van der Waals surface area contributed by atoms with Crippen molar-refractivity contribution in [2.24, 2.45) is 11.7 Å². The van der Waals surface area contributed by atoms with E-state index in [1.54, 1.807) is 0 Å². The molecule has 3 heteroatoms. The van der Waals surface area contributed by atoms with Crippen molar-refractivity contribution in [2.75, 3.05) is 6.61 Å². The van der Waals surface area contributed by atoms with Crippen LogP contribution in [0.2, 0.25) is 0 Å². The van der Waals surface area contributed by atoms with Gasteiger partial charge < -0.3 is 16.2 Å². The molecule has 0 spiro atoms. The van der Waals surface area contributed by atoms with Gasteiger partial charge in [0.05, 0.1) is 12.1 Å². The summed E-state index contributed by atoms with van der Waals surface area (Å²) in [6.07, 6.45) is 0. The quantitative estimate of drug-likeness (QED) is 0.701. The highest BCUT2D eigenvalue weighted by Crippen LogP contribution is 2.16. The summed E-state index contributed by atoms with van der Waals surface area (Å²) in [6.45, 7) is 6.88. The van der Waals surface area contributed by atoms with Crippen LogP contribution in [0, 0.1) is 5.92 Å². The van der Waals surface area contributed by atoms with Crippen LogP contribution in [0.15, 0.2) is 30.3 Å². The van der Waals surface area contributed by atoms with Gasteiger partial charge in [-0.05, 0) is 18.4 Å². The highest BCUT2D eigenvalue weighted by molar-refractivity contribution is 5.15. The van der Waals surface area contributed by atoms with Crippen molar-refractivity contribution in [2.45, 2.75) is 38.9 Å². The lowest BCUT2D eigenvalue weighted by Crippen LogP contribution is -2.60. The Balaban J connectivity index is 2.64. The number of hydrogen-bond acceptors (Lipinski definition) is 3. The van der Waals surface area contributed by atoms with Crippen LogP contribution >= 0.6 is 0 Å². The molecule has 0 fully saturated rings. The molecule has 0 aromatic heterocycles. The number of hydrogen-bond donors (Lipinski definition) is 3. The zero-order valence-corrected chi connectivity index (χ0v) is 11.0. The summed E-state index contributed by atoms with van der Waals surface area (Å²) in [5, 5.41) is 12.9. The predicted molar refractivity (Wildman–Crippen MR) is 71.6 cm³/mol. The SMILES string of the molecule is CC(C)C(N)C(C)(CO)NCc1ccccc1. The fourth-order valence-corrected chi connectivity index (χ4v) is 1.91. The fourth-order valence-electron chi connectivity index (χ4n) is 1.91. The minimum Gasteiger partial charge on any atom is -0.394 e. The average molecular weight is 236 g/mol. The molecule has 2 unspecified atom stereocenters. The molecule has 3 nitrogen and oxygen atoms in total. The van der Waals surface area contributed by atoms with Gasteiger partial charge in [-0.2, -0.15) is 0 Å². The lowest BCUT2D eigenvalue weighted by Gasteiger charge is -2.37. The third-order valence-electron chi connectivity index (χ3n) is 3.32. The van der Waals surface area contributed by atoms with E-state index in [1.165, 1.54) is 5.56 Å². The summed E-state index contributed by atoms with van der Waals surface area (Å²) in [5.74, 6) is 0.329. The van der Waals surface area contributed by atoms with Crippen molar-refractivity contribution >= 4 is 0 Å². The van der Waals surface area contributed by atoms with Gasteiger partial charge in [0.2, 0.25) is 0 Å². The third-order valence-corrected chi connectivity index (χ3v) is 3.32. The molecule has 96 valence electrons. The second kappa shape index (κ2) is 6.15. The summed E-state index contributed by atoms with van der Waals surface area (Å²) < 4.78 is 0. The fraction of sp³-hybridized carbons (Fsp3) is 0.571. The molecule has 1 aromatic carbocycles. The Hall–Kier alpha value is -0.900. The predicted octanol–water partition coefficient (Wildman–Crippen LogP) is 1.51. The number of rotatable bonds is 6. The first-order valence-electron chi connectivity index (χ1n) is 6.15. The molecule has 17 heavy (non-hydrogen) atoms. The summed E-state index contributed by atoms with van der Waals surface area (Å²) >= 11 is 0. The van der Waals surface area contributed by atoms with Crippen molar-refractivity contribution in [1.29, 1.82) is 0 Å². The van der Waals surface area contributed by atoms with Crippen LogP contribution < -0.4 is 11.1 Å². The van der Waals surface area contributed by atoms with Crippen LogP contribution in [-0.4, -0.2) is 23.3 Å². The van der Waals surface area contributed by atoms with Gasteiger partial charge in [0.15, 0.2) is 0 Å². The van der Waals surface area contributed by atoms with Crippen LogP contribution in [0.5, 0.6) is 0 Å². The second-order valence-electron chi connectivity index (χ2n) is 5.18. The number of benzene rings is 1. The van der Waals surface area contributed by atoms with E-state index >= 15 is 0 Å². The molecule has 0 aliphatic rings. The highest BCUT2D eigenvalue weighted by Gasteiger charge is 2.32. The van der Waals surface area contributed by atoms with E-state index in [-0.39, 0.29) is 12.6 Å². The van der Waals surface area contributed by atoms with Crippen molar-refractivity contribution in [1.82, 2.24) is 5.32 Å². The molecule has 4 N–H and O–H groups in total. The lowest BCUT2D eigenvalue weighted by atomic mass is 9.85. The van der Waals surface area contributed by atoms with Crippen LogP contribution in [0.3, 0.4) is 0 Å². The van der Waals surface area contributed by atoms with E-state index in [0.29, 0.717) is 5.92 Å². The Morgan fingerprint density at radius 2 is 1.88 bits per heavy atom. The molecule has 0 saturated heterocycles. The van der Waals surface area contributed by atoms with Crippen LogP contribution in [0.1, 0.15) is 26.3 Å². The molecule has 0 saturated carbocycles. The highest BCUT2D eigenvalue weighted by atomic mass is 16.3. The monoisotopic (exact) mass is 236 g/mol. The molecule has 2 atom stereocenters. The number of aliphatic hydroxyl groups excluding tert-OH is 1. The number of nitrogens with one attached hydrogen (secondary N) is 1. The van der Waals surface area contributed by atoms with Crippen LogP contribution in [-0.2, 0) is 6.54 Å². The van der Waals surface area contributed by atoms with E-state index < -0.39 is 5.54 Å². The molecule has 0 amide bonds. The molecule has 0 aliphatic heterocycles. The van der Waals surface area contributed by atoms with Crippen molar-refractivity contribution in [3.8, 4) is 0 Å². The molecule has 0 aliphatic carbocycles. The first-order valence-corrected chi connectivity index (χ1v) is 6.15. The van der Waals surface area contributed by atoms with E-state index in [9.17, 15) is 5.11 Å². The number of nitrogens with two attached hydrogens (primary N) is 1. The summed E-state index contributed by atoms with van der Waals surface area (Å²) in [6, 6.07) is 10.1. The lowest BCUT2D eigenvalue weighted by molar-refractivity contribution is 0.130. The van der Waals surface area contributed by atoms with E-state index in [2.05, 4.69) is 31.3 Å². The Morgan fingerprint density at radius 1 is 1.29 bits per heavy atom. The molecule has 0 heterocycles. The van der Waals surface area contributed by atoms with Crippen LogP contribution in [0.4, 0.5) is 0 Å². The minimum absolute atomic E-state index is 0.0409. The Morgan fingerprint density at radius 3 is 2.35 bits per heavy atom. The van der Waals surface area contributed by atoms with Crippen LogP contribution in [0.25, 0.3) is 0 Å². The molecular formula is C14H24N2O. The van der Waals surface area contributed by atoms with Gasteiger partial charge in [-0.3, -0.25) is 0 Å². The maximum Gasteiger partial charge on any atom is 0.0626 e. The summed E-state index contributed by atoms with van der Waals surface area (Å²) in [5.41, 5.74) is 6.90. The van der Waals surface area contributed by atoms with Crippen molar-refractivity contribution < 1.29 is 5.11 Å². The zero-order valence-electron chi connectivity index (χ0n) is 11.0. The smallest absolute Gasteiger partial charge is 0.0626 e. The molecule has 1 aromatic rings. The average Bonchev–Trinajstić information content (AvgIpc) is 2.36. The standard InChI is InChI=1S/C14H24N2O/c1-11(2)13(15)14(3,10-17)16-9-12-7-5-4-6-8-12/h4-8,11,13,16-17H,9-10,15H2,1-3H3. The maximum atomic E-state index is 9.54. The van der Waals surface area contributed by atoms with Gasteiger partial charge in [-0.25, -0.2) is 0 Å².